The van der Waals surface area contributed by atoms with Crippen LogP contribution in [0.5, 0.6) is 0 Å². The lowest BCUT2D eigenvalue weighted by Gasteiger charge is -2.34. The van der Waals surface area contributed by atoms with Gasteiger partial charge in [-0.2, -0.15) is 0 Å². The summed E-state index contributed by atoms with van der Waals surface area (Å²) < 4.78 is 26.7. The van der Waals surface area contributed by atoms with E-state index in [9.17, 15) is 18.0 Å². The van der Waals surface area contributed by atoms with Crippen LogP contribution < -0.4 is 9.62 Å². The summed E-state index contributed by atoms with van der Waals surface area (Å²) in [5.41, 5.74) is 3.20. The van der Waals surface area contributed by atoms with E-state index < -0.39 is 16.1 Å². The highest BCUT2D eigenvalue weighted by atomic mass is 35.5. The molecule has 1 fully saturated rings. The van der Waals surface area contributed by atoms with E-state index in [1.54, 1.807) is 17.0 Å². The summed E-state index contributed by atoms with van der Waals surface area (Å²) >= 11 is 12.5. The Balaban J connectivity index is 1.60. The van der Waals surface area contributed by atoms with Crippen LogP contribution in [0, 0.1) is 6.92 Å². The molecule has 0 bridgehead atoms. The van der Waals surface area contributed by atoms with Gasteiger partial charge in [-0.05, 0) is 55.5 Å². The van der Waals surface area contributed by atoms with Gasteiger partial charge >= 0.3 is 0 Å². The number of rotatable bonds is 13. The van der Waals surface area contributed by atoms with Crippen LogP contribution in [0.2, 0.25) is 10.0 Å². The van der Waals surface area contributed by atoms with E-state index in [0.29, 0.717) is 11.4 Å². The summed E-state index contributed by atoms with van der Waals surface area (Å²) in [4.78, 5) is 29.7. The van der Waals surface area contributed by atoms with E-state index in [1.165, 1.54) is 16.8 Å². The topological polar surface area (TPSA) is 86.8 Å². The van der Waals surface area contributed by atoms with Crippen LogP contribution >= 0.6 is 23.2 Å². The summed E-state index contributed by atoms with van der Waals surface area (Å²) in [6, 6.07) is 21.6. The Kier molecular flexibility index (Phi) is 12.1. The molecule has 0 aromatic heterocycles. The highest BCUT2D eigenvalue weighted by Gasteiger charge is 2.32. The molecule has 44 heavy (non-hydrogen) atoms. The Bertz CT molecular complexity index is 1530. The molecule has 4 rings (SSSR count). The summed E-state index contributed by atoms with van der Waals surface area (Å²) in [6.45, 7) is 2.28. The fraction of sp³-hybridized carbons (Fsp3) is 0.412. The van der Waals surface area contributed by atoms with Gasteiger partial charge in [-0.3, -0.25) is 13.9 Å². The Morgan fingerprint density at radius 2 is 1.64 bits per heavy atom. The number of nitrogens with one attached hydrogen (secondary N) is 1. The molecule has 0 spiro atoms. The van der Waals surface area contributed by atoms with E-state index in [-0.39, 0.29) is 54.5 Å². The molecule has 2 amide bonds. The number of benzene rings is 3. The third-order valence-electron chi connectivity index (χ3n) is 7.99. The molecule has 1 N–H and O–H groups in total. The van der Waals surface area contributed by atoms with Gasteiger partial charge in [-0.25, -0.2) is 8.42 Å². The SMILES string of the molecule is Cc1cccc(CN(C(=O)CCCN(c2cc(Cl)ccc2Cl)S(C)(=O)=O)C(Cc2ccccc2)C(=O)NC2CCCCC2)c1. The largest absolute Gasteiger partial charge is 0.352 e. The number of nitrogens with zero attached hydrogens (tertiary/aromatic N) is 2. The van der Waals surface area contributed by atoms with Crippen LogP contribution in [0.3, 0.4) is 0 Å². The lowest BCUT2D eigenvalue weighted by atomic mass is 9.94. The molecule has 1 unspecified atom stereocenters. The van der Waals surface area contributed by atoms with E-state index >= 15 is 0 Å². The standard InChI is InChI=1S/C34H41Cl2N3O4S/c1-25-11-9-14-27(21-25)24-38(32(22-26-12-5-3-6-13-26)34(41)37-29-15-7-4-8-16-29)33(40)17-10-20-39(44(2,42)43)31-23-28(35)18-19-30(31)36/h3,5-6,9,11-14,18-19,21,23,29,32H,4,7-8,10,15-17,20,22,24H2,1-2H3,(H,37,41). The van der Waals surface area contributed by atoms with Gasteiger partial charge in [-0.1, -0.05) is 103 Å². The van der Waals surface area contributed by atoms with Crippen molar-refractivity contribution in [3.63, 3.8) is 0 Å². The predicted octanol–water partition coefficient (Wildman–Crippen LogP) is 6.94. The van der Waals surface area contributed by atoms with Crippen molar-refractivity contribution in [3.8, 4) is 0 Å². The van der Waals surface area contributed by atoms with Crippen molar-refractivity contribution in [1.29, 1.82) is 0 Å². The maximum Gasteiger partial charge on any atom is 0.243 e. The van der Waals surface area contributed by atoms with Crippen molar-refractivity contribution in [2.45, 2.75) is 76.9 Å². The van der Waals surface area contributed by atoms with Gasteiger partial charge in [0.2, 0.25) is 21.8 Å². The number of hydrogen-bond acceptors (Lipinski definition) is 4. The number of carbonyl (C=O) groups excluding carboxylic acids is 2. The first-order chi connectivity index (χ1) is 21.0. The first kappa shape index (κ1) is 33.8. The van der Waals surface area contributed by atoms with E-state index in [1.807, 2.05) is 61.5 Å². The van der Waals surface area contributed by atoms with Gasteiger partial charge in [0.05, 0.1) is 17.0 Å². The Morgan fingerprint density at radius 1 is 0.932 bits per heavy atom. The van der Waals surface area contributed by atoms with Crippen LogP contribution in [0.15, 0.2) is 72.8 Å². The van der Waals surface area contributed by atoms with E-state index in [4.69, 9.17) is 23.2 Å². The molecule has 1 saturated carbocycles. The van der Waals surface area contributed by atoms with Crippen molar-refractivity contribution in [2.24, 2.45) is 0 Å². The average Bonchev–Trinajstić information content (AvgIpc) is 2.99. The van der Waals surface area contributed by atoms with Crippen molar-refractivity contribution in [3.05, 3.63) is 99.5 Å². The van der Waals surface area contributed by atoms with Crippen molar-refractivity contribution in [1.82, 2.24) is 10.2 Å². The molecule has 10 heteroatoms. The molecule has 0 aliphatic heterocycles. The van der Waals surface area contributed by atoms with Crippen LogP contribution in [0.1, 0.15) is 61.6 Å². The molecule has 3 aromatic rings. The minimum atomic E-state index is -3.71. The fourth-order valence-electron chi connectivity index (χ4n) is 5.76. The highest BCUT2D eigenvalue weighted by molar-refractivity contribution is 7.92. The maximum atomic E-state index is 14.1. The normalized spacial score (nSPS) is 14.5. The van der Waals surface area contributed by atoms with Gasteiger partial charge < -0.3 is 10.2 Å². The van der Waals surface area contributed by atoms with Crippen LogP contribution in [-0.2, 0) is 32.6 Å². The number of sulfonamides is 1. The number of carbonyl (C=O) groups is 2. The summed E-state index contributed by atoms with van der Waals surface area (Å²) in [5, 5.41) is 3.85. The number of hydrogen-bond donors (Lipinski definition) is 1. The molecular weight excluding hydrogens is 617 g/mol. The second-order valence-electron chi connectivity index (χ2n) is 11.6. The first-order valence-corrected chi connectivity index (χ1v) is 17.7. The van der Waals surface area contributed by atoms with Crippen molar-refractivity contribution < 1.29 is 18.0 Å². The molecule has 0 heterocycles. The minimum absolute atomic E-state index is 0.0283. The maximum absolute atomic E-state index is 14.1. The minimum Gasteiger partial charge on any atom is -0.352 e. The van der Waals surface area contributed by atoms with E-state index in [0.717, 1.165) is 48.6 Å². The molecule has 7 nitrogen and oxygen atoms in total. The van der Waals surface area contributed by atoms with Gasteiger partial charge in [0.1, 0.15) is 6.04 Å². The molecule has 236 valence electrons. The Morgan fingerprint density at radius 3 is 2.32 bits per heavy atom. The molecule has 0 saturated heterocycles. The Hall–Kier alpha value is -3.07. The Labute approximate surface area is 271 Å². The van der Waals surface area contributed by atoms with Crippen LogP contribution in [0.25, 0.3) is 0 Å². The molecule has 3 aromatic carbocycles. The number of amides is 2. The first-order valence-electron chi connectivity index (χ1n) is 15.1. The highest BCUT2D eigenvalue weighted by Crippen LogP contribution is 2.31. The zero-order valence-electron chi connectivity index (χ0n) is 25.3. The lowest BCUT2D eigenvalue weighted by molar-refractivity contribution is -0.141. The molecule has 1 aliphatic rings. The van der Waals surface area contributed by atoms with Crippen LogP contribution in [-0.4, -0.2) is 50.0 Å². The molecule has 1 atom stereocenters. The van der Waals surface area contributed by atoms with Gasteiger partial charge in [-0.15, -0.1) is 0 Å². The van der Waals surface area contributed by atoms with Crippen LogP contribution in [0.4, 0.5) is 5.69 Å². The smallest absolute Gasteiger partial charge is 0.243 e. The number of anilines is 1. The quantitative estimate of drug-likeness (QED) is 0.216. The second-order valence-corrected chi connectivity index (χ2v) is 14.3. The van der Waals surface area contributed by atoms with E-state index in [2.05, 4.69) is 5.32 Å². The monoisotopic (exact) mass is 657 g/mol. The zero-order chi connectivity index (χ0) is 31.7. The zero-order valence-corrected chi connectivity index (χ0v) is 27.7. The summed E-state index contributed by atoms with van der Waals surface area (Å²) in [6.07, 6.45) is 6.92. The third-order valence-corrected chi connectivity index (χ3v) is 9.72. The van der Waals surface area contributed by atoms with Gasteiger partial charge in [0.25, 0.3) is 0 Å². The summed E-state index contributed by atoms with van der Waals surface area (Å²) in [7, 11) is -3.71. The average molecular weight is 659 g/mol. The second kappa shape index (κ2) is 15.8. The number of aryl methyl sites for hydroxylation is 1. The summed E-state index contributed by atoms with van der Waals surface area (Å²) in [5.74, 6) is -0.387. The molecular formula is C34H41Cl2N3O4S. The van der Waals surface area contributed by atoms with Crippen molar-refractivity contribution in [2.75, 3.05) is 17.1 Å². The van der Waals surface area contributed by atoms with Crippen molar-refractivity contribution >= 4 is 50.7 Å². The third kappa shape index (κ3) is 9.71. The fourth-order valence-corrected chi connectivity index (χ4v) is 7.17. The predicted molar refractivity (Wildman–Crippen MR) is 179 cm³/mol. The molecule has 0 radical (unpaired) electrons. The number of halogens is 2. The van der Waals surface area contributed by atoms with Gasteiger partial charge in [0, 0.05) is 37.0 Å². The van der Waals surface area contributed by atoms with Gasteiger partial charge in [0.15, 0.2) is 0 Å². The lowest BCUT2D eigenvalue weighted by Crippen LogP contribution is -2.53. The molecule has 1 aliphatic carbocycles.